The summed E-state index contributed by atoms with van der Waals surface area (Å²) < 4.78 is 5.33. The summed E-state index contributed by atoms with van der Waals surface area (Å²) in [4.78, 5) is 22.5. The van der Waals surface area contributed by atoms with Gasteiger partial charge in [0.05, 0.1) is 6.10 Å². The minimum absolute atomic E-state index is 0.0858. The van der Waals surface area contributed by atoms with Gasteiger partial charge in [-0.3, -0.25) is 9.59 Å². The van der Waals surface area contributed by atoms with Crippen LogP contribution in [0.25, 0.3) is 0 Å². The molecule has 1 atom stereocenters. The Labute approximate surface area is 88.5 Å². The van der Waals surface area contributed by atoms with Crippen molar-refractivity contribution in [2.45, 2.75) is 37.8 Å². The normalized spacial score (nSPS) is 24.9. The molecule has 0 aromatic heterocycles. The minimum atomic E-state index is -0.544. The summed E-state index contributed by atoms with van der Waals surface area (Å²) in [6.07, 6.45) is 4.07. The number of hydrogen-bond donors (Lipinski definition) is 2. The SMILES string of the molecule is O=C(NCC1CCCO1)C(=O)NC1CC1. The van der Waals surface area contributed by atoms with Crippen molar-refractivity contribution >= 4 is 11.8 Å². The number of carbonyl (C=O) groups is 2. The standard InChI is InChI=1S/C10H16N2O3/c13-9(10(14)12-7-3-4-7)11-6-8-2-1-5-15-8/h7-8H,1-6H2,(H,11,13)(H,12,14). The Bertz CT molecular complexity index is 257. The summed E-state index contributed by atoms with van der Waals surface area (Å²) in [5, 5.41) is 5.22. The van der Waals surface area contributed by atoms with Crippen molar-refractivity contribution in [1.29, 1.82) is 0 Å². The van der Waals surface area contributed by atoms with Crippen LogP contribution in [0.5, 0.6) is 0 Å². The Morgan fingerprint density at radius 1 is 1.20 bits per heavy atom. The first kappa shape index (κ1) is 10.4. The van der Waals surface area contributed by atoms with Crippen LogP contribution in [-0.2, 0) is 14.3 Å². The number of hydrogen-bond acceptors (Lipinski definition) is 3. The third-order valence-corrected chi connectivity index (χ3v) is 2.63. The Morgan fingerprint density at radius 2 is 2.00 bits per heavy atom. The minimum Gasteiger partial charge on any atom is -0.376 e. The molecule has 2 fully saturated rings. The van der Waals surface area contributed by atoms with E-state index in [4.69, 9.17) is 4.74 Å². The summed E-state index contributed by atoms with van der Waals surface area (Å²) in [5.74, 6) is -1.06. The van der Waals surface area contributed by atoms with Crippen molar-refractivity contribution in [3.05, 3.63) is 0 Å². The van der Waals surface area contributed by atoms with E-state index in [1.807, 2.05) is 0 Å². The van der Waals surface area contributed by atoms with Crippen LogP contribution >= 0.6 is 0 Å². The molecule has 5 heteroatoms. The average molecular weight is 212 g/mol. The fraction of sp³-hybridized carbons (Fsp3) is 0.800. The van der Waals surface area contributed by atoms with Gasteiger partial charge in [0.1, 0.15) is 0 Å². The molecule has 2 rings (SSSR count). The molecular weight excluding hydrogens is 196 g/mol. The largest absolute Gasteiger partial charge is 0.376 e. The average Bonchev–Trinajstić information content (AvgIpc) is 2.88. The van der Waals surface area contributed by atoms with Gasteiger partial charge < -0.3 is 15.4 Å². The second-order valence-electron chi connectivity index (χ2n) is 4.09. The molecule has 1 aliphatic carbocycles. The van der Waals surface area contributed by atoms with Crippen LogP contribution in [0.15, 0.2) is 0 Å². The van der Waals surface area contributed by atoms with E-state index in [0.717, 1.165) is 32.3 Å². The highest BCUT2D eigenvalue weighted by Gasteiger charge is 2.26. The highest BCUT2D eigenvalue weighted by Crippen LogP contribution is 2.18. The zero-order valence-electron chi connectivity index (χ0n) is 8.62. The number of rotatable bonds is 3. The van der Waals surface area contributed by atoms with E-state index in [1.165, 1.54) is 0 Å². The highest BCUT2D eigenvalue weighted by molar-refractivity contribution is 6.35. The second kappa shape index (κ2) is 4.61. The fourth-order valence-electron chi connectivity index (χ4n) is 1.57. The van der Waals surface area contributed by atoms with E-state index in [2.05, 4.69) is 10.6 Å². The van der Waals surface area contributed by atoms with Crippen molar-refractivity contribution in [2.75, 3.05) is 13.2 Å². The molecule has 1 aliphatic heterocycles. The molecule has 15 heavy (non-hydrogen) atoms. The van der Waals surface area contributed by atoms with Crippen molar-refractivity contribution in [3.8, 4) is 0 Å². The quantitative estimate of drug-likeness (QED) is 0.623. The molecule has 2 aliphatic rings. The third-order valence-electron chi connectivity index (χ3n) is 2.63. The summed E-state index contributed by atoms with van der Waals surface area (Å²) >= 11 is 0. The third kappa shape index (κ3) is 3.20. The van der Waals surface area contributed by atoms with Crippen LogP contribution in [0.3, 0.4) is 0 Å². The van der Waals surface area contributed by atoms with Crippen molar-refractivity contribution < 1.29 is 14.3 Å². The topological polar surface area (TPSA) is 67.4 Å². The number of ether oxygens (including phenoxy) is 1. The summed E-state index contributed by atoms with van der Waals surface area (Å²) in [6, 6.07) is 0.228. The molecule has 84 valence electrons. The monoisotopic (exact) mass is 212 g/mol. The summed E-state index contributed by atoms with van der Waals surface area (Å²) in [5.41, 5.74) is 0. The van der Waals surface area contributed by atoms with Crippen LogP contribution in [0, 0.1) is 0 Å². The molecule has 0 aromatic rings. The van der Waals surface area contributed by atoms with Crippen LogP contribution in [0.4, 0.5) is 0 Å². The lowest BCUT2D eigenvalue weighted by Crippen LogP contribution is -2.43. The van der Waals surface area contributed by atoms with Crippen molar-refractivity contribution in [1.82, 2.24) is 10.6 Å². The Balaban J connectivity index is 1.64. The van der Waals surface area contributed by atoms with Crippen LogP contribution in [0.2, 0.25) is 0 Å². The lowest BCUT2D eigenvalue weighted by molar-refractivity contribution is -0.139. The Kier molecular flexibility index (Phi) is 3.20. The molecule has 5 nitrogen and oxygen atoms in total. The molecule has 0 bridgehead atoms. The van der Waals surface area contributed by atoms with E-state index in [1.54, 1.807) is 0 Å². The lowest BCUT2D eigenvalue weighted by Gasteiger charge is -2.10. The summed E-state index contributed by atoms with van der Waals surface area (Å²) in [7, 11) is 0. The van der Waals surface area contributed by atoms with Crippen molar-refractivity contribution in [3.63, 3.8) is 0 Å². The molecule has 1 heterocycles. The van der Waals surface area contributed by atoms with Gasteiger partial charge in [-0.1, -0.05) is 0 Å². The maximum Gasteiger partial charge on any atom is 0.309 e. The lowest BCUT2D eigenvalue weighted by atomic mass is 10.2. The first-order valence-corrected chi connectivity index (χ1v) is 5.46. The molecule has 0 aromatic carbocycles. The molecule has 1 saturated heterocycles. The maximum atomic E-state index is 11.3. The molecule has 2 N–H and O–H groups in total. The van der Waals surface area contributed by atoms with Gasteiger partial charge in [-0.15, -0.1) is 0 Å². The van der Waals surface area contributed by atoms with E-state index < -0.39 is 11.8 Å². The first-order chi connectivity index (χ1) is 7.25. The van der Waals surface area contributed by atoms with E-state index in [0.29, 0.717) is 6.54 Å². The van der Waals surface area contributed by atoms with Gasteiger partial charge in [0.25, 0.3) is 0 Å². The summed E-state index contributed by atoms with van der Waals surface area (Å²) in [6.45, 7) is 1.20. The van der Waals surface area contributed by atoms with Crippen LogP contribution in [0.1, 0.15) is 25.7 Å². The van der Waals surface area contributed by atoms with Crippen LogP contribution in [-0.4, -0.2) is 37.1 Å². The number of nitrogens with one attached hydrogen (secondary N) is 2. The van der Waals surface area contributed by atoms with Gasteiger partial charge >= 0.3 is 11.8 Å². The van der Waals surface area contributed by atoms with E-state index in [-0.39, 0.29) is 12.1 Å². The predicted octanol–water partition coefficient (Wildman–Crippen LogP) is -0.440. The molecule has 2 amide bonds. The van der Waals surface area contributed by atoms with Gasteiger partial charge in [0, 0.05) is 19.2 Å². The Morgan fingerprint density at radius 3 is 2.60 bits per heavy atom. The number of carbonyl (C=O) groups excluding carboxylic acids is 2. The van der Waals surface area contributed by atoms with Crippen molar-refractivity contribution in [2.24, 2.45) is 0 Å². The predicted molar refractivity (Wildman–Crippen MR) is 53.1 cm³/mol. The van der Waals surface area contributed by atoms with E-state index in [9.17, 15) is 9.59 Å². The zero-order chi connectivity index (χ0) is 10.7. The molecule has 1 saturated carbocycles. The smallest absolute Gasteiger partial charge is 0.309 e. The highest BCUT2D eigenvalue weighted by atomic mass is 16.5. The molecule has 1 unspecified atom stereocenters. The van der Waals surface area contributed by atoms with Gasteiger partial charge in [-0.05, 0) is 25.7 Å². The maximum absolute atomic E-state index is 11.3. The molecule has 0 spiro atoms. The number of amides is 2. The fourth-order valence-corrected chi connectivity index (χ4v) is 1.57. The van der Waals surface area contributed by atoms with Gasteiger partial charge in [0.2, 0.25) is 0 Å². The van der Waals surface area contributed by atoms with E-state index >= 15 is 0 Å². The molecule has 0 radical (unpaired) electrons. The molecular formula is C10H16N2O3. The second-order valence-corrected chi connectivity index (χ2v) is 4.09. The first-order valence-electron chi connectivity index (χ1n) is 5.46. The van der Waals surface area contributed by atoms with Gasteiger partial charge in [-0.25, -0.2) is 0 Å². The van der Waals surface area contributed by atoms with Gasteiger partial charge in [0.15, 0.2) is 0 Å². The zero-order valence-corrected chi connectivity index (χ0v) is 8.62. The van der Waals surface area contributed by atoms with Gasteiger partial charge in [-0.2, -0.15) is 0 Å². The van der Waals surface area contributed by atoms with Crippen LogP contribution < -0.4 is 10.6 Å². The Hall–Kier alpha value is -1.10.